The maximum Gasteiger partial charge on any atom is 0.285 e. The van der Waals surface area contributed by atoms with Crippen molar-refractivity contribution in [2.24, 2.45) is 0 Å². The van der Waals surface area contributed by atoms with Crippen LogP contribution in [0.25, 0.3) is 27.9 Å². The molecule has 4 aromatic rings. The fraction of sp³-hybridized carbons (Fsp3) is 0.429. The summed E-state index contributed by atoms with van der Waals surface area (Å²) >= 11 is 0. The predicted octanol–water partition coefficient (Wildman–Crippen LogP) is 2.22. The number of carbonyl (C=O) groups excluding carboxylic acids is 1. The molecule has 0 saturated carbocycles. The van der Waals surface area contributed by atoms with Gasteiger partial charge in [0.05, 0.1) is 24.8 Å². The number of hydrogen-bond donors (Lipinski definition) is 2. The van der Waals surface area contributed by atoms with Gasteiger partial charge in [-0.3, -0.25) is 4.79 Å². The van der Waals surface area contributed by atoms with E-state index in [-0.39, 0.29) is 31.4 Å². The first-order valence-electron chi connectivity index (χ1n) is 11.0. The van der Waals surface area contributed by atoms with Crippen molar-refractivity contribution in [1.29, 1.82) is 0 Å². The van der Waals surface area contributed by atoms with Gasteiger partial charge in [0, 0.05) is 32.3 Å². The minimum Gasteiger partial charge on any atom is -0.371 e. The van der Waals surface area contributed by atoms with Crippen molar-refractivity contribution < 1.29 is 18.0 Å². The summed E-state index contributed by atoms with van der Waals surface area (Å²) in [5, 5.41) is 18.0. The monoisotopic (exact) mass is 488 g/mol. The summed E-state index contributed by atoms with van der Waals surface area (Å²) in [6.07, 6.45) is 1.74. The topological polar surface area (TPSA) is 118 Å². The van der Waals surface area contributed by atoms with Crippen LogP contribution in [-0.2, 0) is 11.3 Å². The van der Waals surface area contributed by atoms with Crippen molar-refractivity contribution in [2.45, 2.75) is 31.9 Å². The first-order chi connectivity index (χ1) is 16.8. The molecule has 1 amide bonds. The molecule has 1 saturated heterocycles. The van der Waals surface area contributed by atoms with Gasteiger partial charge in [-0.05, 0) is 24.6 Å². The highest BCUT2D eigenvalue weighted by molar-refractivity contribution is 5.89. The molecule has 0 radical (unpaired) electrons. The van der Waals surface area contributed by atoms with Gasteiger partial charge >= 0.3 is 0 Å². The summed E-state index contributed by atoms with van der Waals surface area (Å²) in [7, 11) is 1.67. The van der Waals surface area contributed by atoms with Crippen LogP contribution < -0.4 is 10.6 Å². The number of aromatic nitrogens is 7. The Hall–Kier alpha value is -3.97. The van der Waals surface area contributed by atoms with Crippen molar-refractivity contribution in [3.8, 4) is 11.3 Å². The van der Waals surface area contributed by atoms with Gasteiger partial charge < -0.3 is 15.5 Å². The van der Waals surface area contributed by atoms with Crippen molar-refractivity contribution >= 4 is 34.4 Å². The van der Waals surface area contributed by atoms with E-state index in [1.807, 2.05) is 0 Å². The van der Waals surface area contributed by atoms with Gasteiger partial charge in [0.25, 0.3) is 5.92 Å². The van der Waals surface area contributed by atoms with E-state index in [0.717, 1.165) is 4.90 Å². The molecule has 35 heavy (non-hydrogen) atoms. The molecule has 2 N–H and O–H groups in total. The molecule has 1 fully saturated rings. The quantitative estimate of drug-likeness (QED) is 0.424. The lowest BCUT2D eigenvalue weighted by molar-refractivity contribution is -0.140. The molecule has 11 nitrogen and oxygen atoms in total. The third kappa shape index (κ3) is 4.08. The zero-order valence-electron chi connectivity index (χ0n) is 19.0. The Morgan fingerprint density at radius 1 is 1.26 bits per heavy atom. The molecule has 5 rings (SSSR count). The number of fused-ring (bicyclic) bond motifs is 2. The highest BCUT2D eigenvalue weighted by Gasteiger charge is 2.45. The van der Waals surface area contributed by atoms with Gasteiger partial charge in [-0.1, -0.05) is 5.21 Å². The lowest BCUT2D eigenvalue weighted by atomic mass is 10.0. The van der Waals surface area contributed by atoms with E-state index in [2.05, 4.69) is 36.0 Å². The van der Waals surface area contributed by atoms with Gasteiger partial charge in [0.1, 0.15) is 17.7 Å². The SMILES string of the molecule is CNc1nc(N[C@@H]2CCN(C(C)=O)CC2(F)F)nn2ccc(-c3ccc4nnn(CCF)c4n3)c12. The number of pyridine rings is 1. The van der Waals surface area contributed by atoms with E-state index in [4.69, 9.17) is 0 Å². The molecule has 1 aliphatic heterocycles. The number of nitrogens with one attached hydrogen (secondary N) is 2. The number of aryl methyl sites for hydroxylation is 1. The Balaban J connectivity index is 1.49. The third-order valence-corrected chi connectivity index (χ3v) is 6.03. The highest BCUT2D eigenvalue weighted by Crippen LogP contribution is 2.32. The summed E-state index contributed by atoms with van der Waals surface area (Å²) < 4.78 is 45.2. The normalized spacial score (nSPS) is 17.7. The van der Waals surface area contributed by atoms with Crippen LogP contribution in [0.2, 0.25) is 0 Å². The number of amides is 1. The minimum absolute atomic E-state index is 0.0265. The van der Waals surface area contributed by atoms with E-state index in [1.165, 1.54) is 16.1 Å². The Labute approximate surface area is 197 Å². The summed E-state index contributed by atoms with van der Waals surface area (Å²) in [4.78, 5) is 21.7. The average molecular weight is 488 g/mol. The number of carbonyl (C=O) groups is 1. The maximum absolute atomic E-state index is 14.7. The molecular weight excluding hydrogens is 465 g/mol. The maximum atomic E-state index is 14.7. The molecule has 0 spiro atoms. The van der Waals surface area contributed by atoms with Crippen LogP contribution in [-0.4, -0.2) is 84.2 Å². The van der Waals surface area contributed by atoms with E-state index in [0.29, 0.717) is 33.8 Å². The predicted molar refractivity (Wildman–Crippen MR) is 122 cm³/mol. The Morgan fingerprint density at radius 2 is 2.09 bits per heavy atom. The number of halogens is 3. The van der Waals surface area contributed by atoms with Gasteiger partial charge in [-0.25, -0.2) is 27.4 Å². The second kappa shape index (κ2) is 8.67. The molecule has 1 atom stereocenters. The zero-order chi connectivity index (χ0) is 24.7. The van der Waals surface area contributed by atoms with Crippen LogP contribution in [0.5, 0.6) is 0 Å². The van der Waals surface area contributed by atoms with Gasteiger partial charge in [0.2, 0.25) is 11.9 Å². The summed E-state index contributed by atoms with van der Waals surface area (Å²) in [6, 6.07) is 4.07. The van der Waals surface area contributed by atoms with Gasteiger partial charge in [0.15, 0.2) is 11.5 Å². The molecule has 4 aromatic heterocycles. The fourth-order valence-corrected chi connectivity index (χ4v) is 4.24. The fourth-order valence-electron chi connectivity index (χ4n) is 4.24. The van der Waals surface area contributed by atoms with Crippen LogP contribution in [0.1, 0.15) is 13.3 Å². The summed E-state index contributed by atoms with van der Waals surface area (Å²) in [6.45, 7) is 0.289. The van der Waals surface area contributed by atoms with Gasteiger partial charge in [-0.15, -0.1) is 10.2 Å². The standard InChI is InChI=1S/C21H23F3N10O/c1-12(35)32-8-6-16(21(23,24)11-32)27-20-28-18(25-2)17-13(5-9-33(17)30-20)14-3-4-15-19(26-14)34(10-7-22)31-29-15/h3-5,9,16H,6-8,10-11H2,1-2H3,(H2,25,27,28,30)/t16-/m1/s1. The Kier molecular flexibility index (Phi) is 5.65. The molecule has 0 unspecified atom stereocenters. The van der Waals surface area contributed by atoms with Crippen LogP contribution in [0, 0.1) is 0 Å². The molecule has 0 aromatic carbocycles. The van der Waals surface area contributed by atoms with Crippen LogP contribution >= 0.6 is 0 Å². The second-order valence-corrected chi connectivity index (χ2v) is 8.28. The Bertz CT molecular complexity index is 1400. The number of nitrogens with zero attached hydrogens (tertiary/aromatic N) is 8. The third-order valence-electron chi connectivity index (χ3n) is 6.03. The smallest absolute Gasteiger partial charge is 0.285 e. The number of likely N-dealkylation sites (tertiary alicyclic amines) is 1. The van der Waals surface area contributed by atoms with E-state index in [1.54, 1.807) is 31.4 Å². The molecule has 5 heterocycles. The molecular formula is C21H23F3N10O. The number of hydrogen-bond acceptors (Lipinski definition) is 8. The van der Waals surface area contributed by atoms with Crippen molar-refractivity contribution in [3.05, 3.63) is 24.4 Å². The Morgan fingerprint density at radius 3 is 2.80 bits per heavy atom. The van der Waals surface area contributed by atoms with Crippen molar-refractivity contribution in [1.82, 2.24) is 39.5 Å². The van der Waals surface area contributed by atoms with Crippen molar-refractivity contribution in [3.63, 3.8) is 0 Å². The lowest BCUT2D eigenvalue weighted by Gasteiger charge is -2.38. The lowest BCUT2D eigenvalue weighted by Crippen LogP contribution is -2.55. The second-order valence-electron chi connectivity index (χ2n) is 8.28. The van der Waals surface area contributed by atoms with Crippen molar-refractivity contribution in [2.75, 3.05) is 37.4 Å². The molecule has 14 heteroatoms. The average Bonchev–Trinajstić information content (AvgIpc) is 3.44. The van der Waals surface area contributed by atoms with Crippen LogP contribution in [0.3, 0.4) is 0 Å². The first-order valence-corrected chi connectivity index (χ1v) is 11.0. The zero-order valence-corrected chi connectivity index (χ0v) is 19.0. The number of anilines is 2. The van der Waals surface area contributed by atoms with Crippen LogP contribution in [0.15, 0.2) is 24.4 Å². The van der Waals surface area contributed by atoms with Gasteiger partial charge in [-0.2, -0.15) is 4.98 Å². The molecule has 184 valence electrons. The highest BCUT2D eigenvalue weighted by atomic mass is 19.3. The van der Waals surface area contributed by atoms with E-state index < -0.39 is 25.2 Å². The van der Waals surface area contributed by atoms with E-state index in [9.17, 15) is 18.0 Å². The first kappa shape index (κ1) is 22.8. The van der Waals surface area contributed by atoms with E-state index >= 15 is 0 Å². The summed E-state index contributed by atoms with van der Waals surface area (Å²) in [5.74, 6) is -3.09. The molecule has 1 aliphatic rings. The number of piperidine rings is 1. The minimum atomic E-state index is -3.14. The van der Waals surface area contributed by atoms with Crippen LogP contribution in [0.4, 0.5) is 24.9 Å². The largest absolute Gasteiger partial charge is 0.371 e. The molecule has 0 aliphatic carbocycles. The summed E-state index contributed by atoms with van der Waals surface area (Å²) in [5.41, 5.74) is 2.85. The molecule has 0 bridgehead atoms. The number of alkyl halides is 3. The number of rotatable bonds is 6.